The van der Waals surface area contributed by atoms with E-state index < -0.39 is 12.2 Å². The summed E-state index contributed by atoms with van der Waals surface area (Å²) in [5.74, 6) is 0.819. The maximum Gasteiger partial charge on any atom is 0.407 e. The fourth-order valence-corrected chi connectivity index (χ4v) is 4.27. The van der Waals surface area contributed by atoms with Gasteiger partial charge in [0.2, 0.25) is 5.88 Å². The Balaban J connectivity index is 1.69. The van der Waals surface area contributed by atoms with Gasteiger partial charge in [-0.2, -0.15) is 9.37 Å². The zero-order valence-electron chi connectivity index (χ0n) is 12.6. The average Bonchev–Trinajstić information content (AvgIpc) is 2.79. The van der Waals surface area contributed by atoms with E-state index in [-0.39, 0.29) is 24.7 Å². The highest BCUT2D eigenvalue weighted by Crippen LogP contribution is 2.41. The minimum absolute atomic E-state index is 0.116. The fourth-order valence-electron chi connectivity index (χ4n) is 4.27. The smallest absolute Gasteiger partial charge is 0.407 e. The Kier molecular flexibility index (Phi) is 2.66. The number of carboxylic acid groups (broad SMARTS) is 1. The molecule has 3 aliphatic heterocycles. The summed E-state index contributed by atoms with van der Waals surface area (Å²) < 4.78 is 19.8. The average molecular weight is 331 g/mol. The number of ether oxygens (including phenoxy) is 1. The van der Waals surface area contributed by atoms with E-state index in [1.165, 1.54) is 11.1 Å². The number of carbonyl (C=O) groups is 1. The van der Waals surface area contributed by atoms with Crippen molar-refractivity contribution in [3.63, 3.8) is 0 Å². The van der Waals surface area contributed by atoms with Gasteiger partial charge in [0.15, 0.2) is 0 Å². The van der Waals surface area contributed by atoms with Gasteiger partial charge >= 0.3 is 12.2 Å². The molecule has 3 aliphatic rings. The van der Waals surface area contributed by atoms with Crippen molar-refractivity contribution < 1.29 is 19.0 Å². The molecule has 1 N–H and O–H groups in total. The predicted molar refractivity (Wildman–Crippen MR) is 80.6 cm³/mol. The first-order chi connectivity index (χ1) is 11.6. The summed E-state index contributed by atoms with van der Waals surface area (Å²) in [5, 5.41) is 10.1. The number of fused-ring (bicyclic) bond motifs is 5. The second-order valence-electron chi connectivity index (χ2n) is 6.35. The standard InChI is InChI=1S/C15H14FN5O3/c16-14-18-8-3-4-17-13-11(8)12(19-14)20-5-7-1-2-9(10(20)6-24-13)21(7)15(22)23/h3-4,7,9-10H,1-2,5-6H2,(H,22,23). The minimum atomic E-state index is -0.916. The topological polar surface area (TPSA) is 91.7 Å². The molecular formula is C15H14FN5O3. The van der Waals surface area contributed by atoms with Gasteiger partial charge in [0.1, 0.15) is 17.8 Å². The number of amides is 1. The van der Waals surface area contributed by atoms with Crippen molar-refractivity contribution in [2.45, 2.75) is 31.0 Å². The molecule has 0 spiro atoms. The number of halogens is 1. The second-order valence-corrected chi connectivity index (χ2v) is 6.35. The first-order valence-electron chi connectivity index (χ1n) is 7.86. The predicted octanol–water partition coefficient (Wildman–Crippen LogP) is 1.26. The lowest BCUT2D eigenvalue weighted by atomic mass is 10.0. The van der Waals surface area contributed by atoms with Crippen LogP contribution in [0.2, 0.25) is 0 Å². The normalized spacial score (nSPS) is 27.6. The molecular weight excluding hydrogens is 317 g/mol. The Morgan fingerprint density at radius 1 is 1.33 bits per heavy atom. The molecule has 5 heterocycles. The summed E-state index contributed by atoms with van der Waals surface area (Å²) in [6, 6.07) is 1.10. The number of anilines is 1. The van der Waals surface area contributed by atoms with Gasteiger partial charge in [0, 0.05) is 12.7 Å². The minimum Gasteiger partial charge on any atom is -0.475 e. The van der Waals surface area contributed by atoms with E-state index in [0.717, 1.165) is 12.8 Å². The molecule has 5 rings (SSSR count). The van der Waals surface area contributed by atoms with Gasteiger partial charge in [-0.05, 0) is 18.9 Å². The Bertz CT molecular complexity index is 862. The van der Waals surface area contributed by atoms with Crippen LogP contribution >= 0.6 is 0 Å². The number of rotatable bonds is 0. The molecule has 2 aromatic rings. The van der Waals surface area contributed by atoms with Gasteiger partial charge in [-0.3, -0.25) is 4.90 Å². The quantitative estimate of drug-likeness (QED) is 0.727. The van der Waals surface area contributed by atoms with Crippen molar-refractivity contribution in [2.75, 3.05) is 18.1 Å². The van der Waals surface area contributed by atoms with E-state index in [2.05, 4.69) is 15.0 Å². The molecule has 3 unspecified atom stereocenters. The van der Waals surface area contributed by atoms with Gasteiger partial charge in [-0.25, -0.2) is 14.8 Å². The number of pyridine rings is 1. The number of hydrogen-bond acceptors (Lipinski definition) is 6. The lowest BCUT2D eigenvalue weighted by Gasteiger charge is -2.45. The van der Waals surface area contributed by atoms with Crippen LogP contribution in [0.25, 0.3) is 10.9 Å². The molecule has 0 saturated carbocycles. The lowest BCUT2D eigenvalue weighted by Crippen LogP contribution is -2.62. The van der Waals surface area contributed by atoms with Gasteiger partial charge in [-0.1, -0.05) is 0 Å². The van der Waals surface area contributed by atoms with Crippen LogP contribution in [-0.2, 0) is 0 Å². The third-order valence-electron chi connectivity index (χ3n) is 5.21. The monoisotopic (exact) mass is 331 g/mol. The van der Waals surface area contributed by atoms with Crippen molar-refractivity contribution in [1.29, 1.82) is 0 Å². The summed E-state index contributed by atoms with van der Waals surface area (Å²) in [6.07, 6.45) is 1.36. The highest BCUT2D eigenvalue weighted by Gasteiger charge is 2.50. The molecule has 24 heavy (non-hydrogen) atoms. The van der Waals surface area contributed by atoms with Gasteiger partial charge < -0.3 is 14.7 Å². The van der Waals surface area contributed by atoms with Crippen LogP contribution in [-0.4, -0.2) is 62.3 Å². The van der Waals surface area contributed by atoms with Crippen LogP contribution in [0.4, 0.5) is 15.0 Å². The molecule has 124 valence electrons. The zero-order valence-corrected chi connectivity index (χ0v) is 12.6. The van der Waals surface area contributed by atoms with Crippen molar-refractivity contribution in [3.8, 4) is 5.88 Å². The number of piperazine rings is 1. The van der Waals surface area contributed by atoms with Gasteiger partial charge in [-0.15, -0.1) is 0 Å². The molecule has 2 bridgehead atoms. The van der Waals surface area contributed by atoms with Crippen LogP contribution in [0, 0.1) is 6.08 Å². The van der Waals surface area contributed by atoms with Crippen LogP contribution < -0.4 is 9.64 Å². The van der Waals surface area contributed by atoms with E-state index in [4.69, 9.17) is 4.74 Å². The van der Waals surface area contributed by atoms with Crippen LogP contribution in [0.15, 0.2) is 12.3 Å². The van der Waals surface area contributed by atoms with E-state index in [1.807, 2.05) is 4.90 Å². The van der Waals surface area contributed by atoms with Crippen LogP contribution in [0.1, 0.15) is 12.8 Å². The van der Waals surface area contributed by atoms with Crippen molar-refractivity contribution in [3.05, 3.63) is 18.3 Å². The van der Waals surface area contributed by atoms with Gasteiger partial charge in [0.05, 0.1) is 23.6 Å². The fraction of sp³-hybridized carbons (Fsp3) is 0.467. The summed E-state index contributed by atoms with van der Waals surface area (Å²) >= 11 is 0. The molecule has 0 aliphatic carbocycles. The summed E-state index contributed by atoms with van der Waals surface area (Å²) in [6.45, 7) is 0.752. The van der Waals surface area contributed by atoms with E-state index in [0.29, 0.717) is 29.1 Å². The Hall–Kier alpha value is -2.71. The Labute approximate surface area is 135 Å². The summed E-state index contributed by atoms with van der Waals surface area (Å²) in [7, 11) is 0. The summed E-state index contributed by atoms with van der Waals surface area (Å²) in [4.78, 5) is 27.2. The Morgan fingerprint density at radius 3 is 3.04 bits per heavy atom. The first-order valence-corrected chi connectivity index (χ1v) is 7.86. The molecule has 0 radical (unpaired) electrons. The van der Waals surface area contributed by atoms with E-state index in [9.17, 15) is 14.3 Å². The molecule has 1 amide bonds. The first kappa shape index (κ1) is 13.7. The third-order valence-corrected chi connectivity index (χ3v) is 5.21. The molecule has 2 fully saturated rings. The van der Waals surface area contributed by atoms with Crippen molar-refractivity contribution in [1.82, 2.24) is 19.9 Å². The number of hydrogen-bond donors (Lipinski definition) is 1. The molecule has 2 aromatic heterocycles. The number of nitrogens with zero attached hydrogens (tertiary/aromatic N) is 5. The zero-order chi connectivity index (χ0) is 16.4. The SMILES string of the molecule is O=C(O)N1C2CCC1C1COc3nccc4nc(F)nc(c34)N1C2. The lowest BCUT2D eigenvalue weighted by molar-refractivity contribution is 0.0908. The van der Waals surface area contributed by atoms with Crippen LogP contribution in [0.5, 0.6) is 5.88 Å². The summed E-state index contributed by atoms with van der Waals surface area (Å²) in [5.41, 5.74) is 0.441. The molecule has 9 heteroatoms. The van der Waals surface area contributed by atoms with Gasteiger partial charge in [0.25, 0.3) is 0 Å². The van der Waals surface area contributed by atoms with Crippen molar-refractivity contribution in [2.24, 2.45) is 0 Å². The third kappa shape index (κ3) is 1.72. The molecule has 2 saturated heterocycles. The highest BCUT2D eigenvalue weighted by molar-refractivity contribution is 5.94. The maximum absolute atomic E-state index is 13.9. The molecule has 3 atom stereocenters. The van der Waals surface area contributed by atoms with Crippen molar-refractivity contribution >= 4 is 22.8 Å². The second kappa shape index (κ2) is 4.65. The van der Waals surface area contributed by atoms with Crippen LogP contribution in [0.3, 0.4) is 0 Å². The van der Waals surface area contributed by atoms with E-state index in [1.54, 1.807) is 6.07 Å². The highest BCUT2D eigenvalue weighted by atomic mass is 19.1. The maximum atomic E-state index is 13.9. The molecule has 8 nitrogen and oxygen atoms in total. The number of aromatic nitrogens is 3. The Morgan fingerprint density at radius 2 is 2.21 bits per heavy atom. The molecule has 0 aromatic carbocycles. The van der Waals surface area contributed by atoms with E-state index >= 15 is 0 Å². The largest absolute Gasteiger partial charge is 0.475 e.